The van der Waals surface area contributed by atoms with Crippen LogP contribution in [0.1, 0.15) is 23.1 Å². The summed E-state index contributed by atoms with van der Waals surface area (Å²) >= 11 is 0. The van der Waals surface area contributed by atoms with Crippen molar-refractivity contribution in [2.24, 2.45) is 0 Å². The number of sulfonamides is 1. The number of anilines is 1. The van der Waals surface area contributed by atoms with E-state index in [1.54, 1.807) is 6.07 Å². The summed E-state index contributed by atoms with van der Waals surface area (Å²) in [6.07, 6.45) is 1.42. The number of pyridine rings is 2. The van der Waals surface area contributed by atoms with Crippen LogP contribution in [0.15, 0.2) is 30.5 Å². The number of nitrogens with one attached hydrogen (secondary N) is 3. The van der Waals surface area contributed by atoms with Gasteiger partial charge in [0.2, 0.25) is 16.0 Å². The van der Waals surface area contributed by atoms with Crippen LogP contribution >= 0.6 is 0 Å². The average Bonchev–Trinajstić information content (AvgIpc) is 2.66. The van der Waals surface area contributed by atoms with E-state index in [2.05, 4.69) is 20.6 Å². The van der Waals surface area contributed by atoms with E-state index in [9.17, 15) is 17.6 Å². The van der Waals surface area contributed by atoms with Crippen LogP contribution < -0.4 is 15.4 Å². The SMILES string of the molecule is BC(B)(B)Oc1ccc(C(=O)Nc2ccc(F)c([C@]3(C)CS(=O)(=O)N(C)C(=N)N3)n2)nc1. The second-order valence-electron chi connectivity index (χ2n) is 8.60. The molecule has 1 amide bonds. The lowest BCUT2D eigenvalue weighted by Crippen LogP contribution is -2.61. The van der Waals surface area contributed by atoms with E-state index in [0.29, 0.717) is 5.75 Å². The number of carbonyl (C=O) groups excluding carboxylic acids is 1. The van der Waals surface area contributed by atoms with Crippen LogP contribution in [0.5, 0.6) is 5.75 Å². The maximum atomic E-state index is 14.6. The van der Waals surface area contributed by atoms with E-state index in [0.717, 1.165) is 10.4 Å². The molecule has 0 saturated carbocycles. The van der Waals surface area contributed by atoms with Crippen LogP contribution in [0, 0.1) is 11.2 Å². The van der Waals surface area contributed by atoms with Crippen molar-refractivity contribution in [3.8, 4) is 5.75 Å². The summed E-state index contributed by atoms with van der Waals surface area (Å²) in [7, 11) is 3.04. The summed E-state index contributed by atoms with van der Waals surface area (Å²) in [5, 5.41) is 12.7. The molecule has 2 aromatic rings. The number of halogens is 1. The van der Waals surface area contributed by atoms with Crippen molar-refractivity contribution in [2.75, 3.05) is 18.1 Å². The number of guanidine groups is 1. The second-order valence-corrected chi connectivity index (χ2v) is 10.6. The highest BCUT2D eigenvalue weighted by Gasteiger charge is 2.44. The molecule has 0 spiro atoms. The fourth-order valence-electron chi connectivity index (χ4n) is 3.11. The Balaban J connectivity index is 1.83. The number of ether oxygens (including phenoxy) is 1. The molecular weight excluding hydrogens is 436 g/mol. The molecule has 1 aliphatic rings. The average molecular weight is 458 g/mol. The summed E-state index contributed by atoms with van der Waals surface area (Å²) in [5.74, 6) is -1.77. The third kappa shape index (κ3) is 5.04. The number of rotatable bonds is 5. The zero-order chi connectivity index (χ0) is 23.9. The molecular formula is C17H22B3FN6O4S. The second kappa shape index (κ2) is 8.12. The summed E-state index contributed by atoms with van der Waals surface area (Å²) in [4.78, 5) is 20.8. The Labute approximate surface area is 188 Å². The monoisotopic (exact) mass is 458 g/mol. The van der Waals surface area contributed by atoms with Crippen LogP contribution in [0.4, 0.5) is 10.2 Å². The lowest BCUT2D eigenvalue weighted by atomic mass is 9.52. The van der Waals surface area contributed by atoms with Crippen molar-refractivity contribution in [1.82, 2.24) is 19.6 Å². The Hall–Kier alpha value is -3.09. The molecule has 0 radical (unpaired) electrons. The predicted molar refractivity (Wildman–Crippen MR) is 125 cm³/mol. The number of carbonyl (C=O) groups is 1. The zero-order valence-electron chi connectivity index (χ0n) is 18.4. The normalized spacial score (nSPS) is 20.3. The van der Waals surface area contributed by atoms with E-state index >= 15 is 0 Å². The van der Waals surface area contributed by atoms with Gasteiger partial charge in [0.15, 0.2) is 0 Å². The van der Waals surface area contributed by atoms with E-state index in [1.807, 2.05) is 23.5 Å². The number of aromatic nitrogens is 2. The molecule has 166 valence electrons. The lowest BCUT2D eigenvalue weighted by Gasteiger charge is -2.39. The molecule has 32 heavy (non-hydrogen) atoms. The molecule has 15 heteroatoms. The highest BCUT2D eigenvalue weighted by Crippen LogP contribution is 2.29. The van der Waals surface area contributed by atoms with Gasteiger partial charge in [0, 0.05) is 12.3 Å². The number of nitrogens with zero attached hydrogens (tertiary/aromatic N) is 3. The van der Waals surface area contributed by atoms with E-state index in [4.69, 9.17) is 10.1 Å². The van der Waals surface area contributed by atoms with Crippen molar-refractivity contribution >= 4 is 51.2 Å². The highest BCUT2D eigenvalue weighted by atomic mass is 32.2. The fraction of sp³-hybridized carbons (Fsp3) is 0.294. The number of amides is 1. The molecule has 3 heterocycles. The van der Waals surface area contributed by atoms with Gasteiger partial charge >= 0.3 is 0 Å². The zero-order valence-corrected chi connectivity index (χ0v) is 19.2. The third-order valence-corrected chi connectivity index (χ3v) is 6.56. The van der Waals surface area contributed by atoms with Crippen molar-refractivity contribution in [3.63, 3.8) is 0 Å². The molecule has 0 aliphatic carbocycles. The molecule has 0 unspecified atom stereocenters. The van der Waals surface area contributed by atoms with Crippen LogP contribution in [0.2, 0.25) is 0 Å². The van der Waals surface area contributed by atoms with Gasteiger partial charge in [-0.1, -0.05) is 0 Å². The first-order valence-electron chi connectivity index (χ1n) is 9.67. The highest BCUT2D eigenvalue weighted by molar-refractivity contribution is 7.89. The molecule has 3 N–H and O–H groups in total. The maximum absolute atomic E-state index is 14.6. The maximum Gasteiger partial charge on any atom is 0.275 e. The summed E-state index contributed by atoms with van der Waals surface area (Å²) < 4.78 is 45.8. The minimum absolute atomic E-state index is 0.00843. The van der Waals surface area contributed by atoms with E-state index < -0.39 is 44.3 Å². The molecule has 0 aromatic carbocycles. The smallest absolute Gasteiger partial charge is 0.275 e. The molecule has 1 fully saturated rings. The number of hydrogen-bond acceptors (Lipinski definition) is 7. The first-order chi connectivity index (χ1) is 14.7. The van der Waals surface area contributed by atoms with Gasteiger partial charge in [-0.25, -0.2) is 27.1 Å². The summed E-state index contributed by atoms with van der Waals surface area (Å²) in [5.41, 5.74) is -1.65. The first kappa shape index (κ1) is 23.6. The van der Waals surface area contributed by atoms with Crippen LogP contribution in [-0.4, -0.2) is 76.2 Å². The Kier molecular flexibility index (Phi) is 5.98. The van der Waals surface area contributed by atoms with Gasteiger partial charge in [0.05, 0.1) is 17.5 Å². The van der Waals surface area contributed by atoms with E-state index in [1.165, 1.54) is 32.3 Å². The predicted octanol–water partition coefficient (Wildman–Crippen LogP) is -2.23. The van der Waals surface area contributed by atoms with Crippen LogP contribution in [0.25, 0.3) is 0 Å². The Morgan fingerprint density at radius 1 is 1.34 bits per heavy atom. The number of hydrogen-bond donors (Lipinski definition) is 3. The quantitative estimate of drug-likeness (QED) is 0.432. The Bertz CT molecular complexity index is 1180. The minimum Gasteiger partial charge on any atom is -0.512 e. The van der Waals surface area contributed by atoms with Gasteiger partial charge in [0.1, 0.15) is 52.3 Å². The Morgan fingerprint density at radius 2 is 2.03 bits per heavy atom. The molecule has 0 bridgehead atoms. The summed E-state index contributed by atoms with van der Waals surface area (Å²) in [6, 6.07) is 5.42. The lowest BCUT2D eigenvalue weighted by molar-refractivity contribution is 0.102. The Morgan fingerprint density at radius 3 is 2.59 bits per heavy atom. The molecule has 1 atom stereocenters. The molecule has 10 nitrogen and oxygen atoms in total. The van der Waals surface area contributed by atoms with Crippen LogP contribution in [-0.2, 0) is 15.6 Å². The first-order valence-corrected chi connectivity index (χ1v) is 11.3. The molecule has 1 aliphatic heterocycles. The fourth-order valence-corrected chi connectivity index (χ4v) is 4.57. The van der Waals surface area contributed by atoms with Crippen molar-refractivity contribution in [3.05, 3.63) is 47.7 Å². The third-order valence-electron chi connectivity index (χ3n) is 4.60. The van der Waals surface area contributed by atoms with Crippen LogP contribution in [0.3, 0.4) is 0 Å². The van der Waals surface area contributed by atoms with Crippen molar-refractivity contribution < 1.29 is 22.3 Å². The van der Waals surface area contributed by atoms with Gasteiger partial charge in [-0.2, -0.15) is 0 Å². The molecule has 1 saturated heterocycles. The minimum atomic E-state index is -3.85. The van der Waals surface area contributed by atoms with Gasteiger partial charge in [-0.3, -0.25) is 10.2 Å². The van der Waals surface area contributed by atoms with Crippen molar-refractivity contribution in [2.45, 2.75) is 17.8 Å². The topological polar surface area (TPSA) is 137 Å². The van der Waals surface area contributed by atoms with E-state index in [-0.39, 0.29) is 17.2 Å². The van der Waals surface area contributed by atoms with Gasteiger partial charge < -0.3 is 15.4 Å². The van der Waals surface area contributed by atoms with Crippen molar-refractivity contribution in [1.29, 1.82) is 5.41 Å². The van der Waals surface area contributed by atoms with Gasteiger partial charge in [-0.15, -0.1) is 0 Å². The van der Waals surface area contributed by atoms with Gasteiger partial charge in [-0.05, 0) is 31.2 Å². The molecule has 2 aromatic heterocycles. The molecule has 3 rings (SSSR count). The van der Waals surface area contributed by atoms with Gasteiger partial charge in [0.25, 0.3) is 5.91 Å². The largest absolute Gasteiger partial charge is 0.512 e. The standard InChI is InChI=1S/C17H22B3FN6O4S/c1-16(8-32(29,30)27(2)15(22)26-16)13-10(21)4-6-12(24-13)25-14(28)11-5-3-9(7-23-11)31-17(18,19)20/h3-7H,8,18-20H2,1-2H3,(H2,22,26)(H,24,25,28)/t16-/m0/s1. The summed E-state index contributed by atoms with van der Waals surface area (Å²) in [6.45, 7) is 1.43.